The third-order valence-corrected chi connectivity index (χ3v) is 6.26. The van der Waals surface area contributed by atoms with E-state index in [9.17, 15) is 13.2 Å². The molecule has 2 aromatic carbocycles. The van der Waals surface area contributed by atoms with Crippen molar-refractivity contribution < 1.29 is 17.9 Å². The normalized spacial score (nSPS) is 12.3. The lowest BCUT2D eigenvalue weighted by Gasteiger charge is -2.19. The number of ether oxygens (including phenoxy) is 1. The van der Waals surface area contributed by atoms with Gasteiger partial charge in [-0.2, -0.15) is 0 Å². The lowest BCUT2D eigenvalue weighted by atomic mass is 10.2. The van der Waals surface area contributed by atoms with Crippen LogP contribution in [-0.4, -0.2) is 33.7 Å². The van der Waals surface area contributed by atoms with Crippen molar-refractivity contribution >= 4 is 54.8 Å². The van der Waals surface area contributed by atoms with Crippen LogP contribution in [0.1, 0.15) is 13.3 Å². The third kappa shape index (κ3) is 5.85. The molecule has 0 aliphatic heterocycles. The Hall–Kier alpha value is -1.77. The predicted molar refractivity (Wildman–Crippen MR) is 112 cm³/mol. The average Bonchev–Trinajstić information content (AvgIpc) is 2.61. The van der Waals surface area contributed by atoms with Crippen molar-refractivity contribution in [3.8, 4) is 5.75 Å². The zero-order valence-electron chi connectivity index (χ0n) is 15.1. The van der Waals surface area contributed by atoms with Gasteiger partial charge in [0.15, 0.2) is 6.10 Å². The molecule has 2 aromatic rings. The summed E-state index contributed by atoms with van der Waals surface area (Å²) in [6, 6.07) is 11.6. The van der Waals surface area contributed by atoms with Crippen molar-refractivity contribution in [1.82, 2.24) is 0 Å². The summed E-state index contributed by atoms with van der Waals surface area (Å²) in [6.45, 7) is 1.84. The standard InChI is InChI=1S/C18H20BrClN2O4S/c1-4-17(18(23)21-12-5-10-15(19)16(20)11-12)26-14-8-6-13(7-9-14)22(2)27(3,24)25/h5-11,17H,4H2,1-3H3,(H,21,23)/t17-/m1/s1. The van der Waals surface area contributed by atoms with E-state index in [-0.39, 0.29) is 5.91 Å². The van der Waals surface area contributed by atoms with Crippen LogP contribution in [0.25, 0.3) is 0 Å². The smallest absolute Gasteiger partial charge is 0.265 e. The molecule has 146 valence electrons. The van der Waals surface area contributed by atoms with Gasteiger partial charge in [-0.05, 0) is 64.8 Å². The van der Waals surface area contributed by atoms with Crippen LogP contribution in [0.15, 0.2) is 46.9 Å². The Morgan fingerprint density at radius 1 is 1.26 bits per heavy atom. The molecule has 0 unspecified atom stereocenters. The van der Waals surface area contributed by atoms with Crippen molar-refractivity contribution in [1.29, 1.82) is 0 Å². The van der Waals surface area contributed by atoms with Gasteiger partial charge in [0.2, 0.25) is 10.0 Å². The zero-order valence-corrected chi connectivity index (χ0v) is 18.2. The molecule has 0 aromatic heterocycles. The average molecular weight is 476 g/mol. The third-order valence-electron chi connectivity index (χ3n) is 3.83. The van der Waals surface area contributed by atoms with Crippen LogP contribution in [0.2, 0.25) is 5.02 Å². The summed E-state index contributed by atoms with van der Waals surface area (Å²) in [5.74, 6) is 0.171. The van der Waals surface area contributed by atoms with Crippen molar-refractivity contribution in [3.05, 3.63) is 52.0 Å². The topological polar surface area (TPSA) is 75.7 Å². The van der Waals surface area contributed by atoms with E-state index in [4.69, 9.17) is 16.3 Å². The second-order valence-electron chi connectivity index (χ2n) is 5.86. The first-order chi connectivity index (χ1) is 12.6. The minimum Gasteiger partial charge on any atom is -0.481 e. The molecule has 0 radical (unpaired) electrons. The van der Waals surface area contributed by atoms with Gasteiger partial charge in [-0.3, -0.25) is 9.10 Å². The minimum atomic E-state index is -3.34. The molecular weight excluding hydrogens is 456 g/mol. The van der Waals surface area contributed by atoms with E-state index in [0.29, 0.717) is 28.6 Å². The van der Waals surface area contributed by atoms with Crippen LogP contribution in [0.5, 0.6) is 5.75 Å². The Bertz CT molecular complexity index is 919. The number of benzene rings is 2. The Labute approximate surface area is 172 Å². The van der Waals surface area contributed by atoms with Gasteiger partial charge in [0, 0.05) is 17.2 Å². The number of carbonyl (C=O) groups excluding carboxylic acids is 1. The molecule has 0 spiro atoms. The molecule has 27 heavy (non-hydrogen) atoms. The van der Waals surface area contributed by atoms with Gasteiger partial charge in [0.25, 0.3) is 5.91 Å². The Kier molecular flexibility index (Phi) is 7.13. The van der Waals surface area contributed by atoms with E-state index in [1.54, 1.807) is 42.5 Å². The summed E-state index contributed by atoms with van der Waals surface area (Å²) in [5.41, 5.74) is 1.08. The highest BCUT2D eigenvalue weighted by Crippen LogP contribution is 2.26. The number of sulfonamides is 1. The van der Waals surface area contributed by atoms with Crippen LogP contribution < -0.4 is 14.4 Å². The van der Waals surface area contributed by atoms with Crippen molar-refractivity contribution in [3.63, 3.8) is 0 Å². The number of halogens is 2. The van der Waals surface area contributed by atoms with Crippen molar-refractivity contribution in [2.75, 3.05) is 22.9 Å². The highest BCUT2D eigenvalue weighted by Gasteiger charge is 2.19. The molecule has 9 heteroatoms. The first kappa shape index (κ1) is 21.5. The number of carbonyl (C=O) groups is 1. The number of rotatable bonds is 7. The number of nitrogens with zero attached hydrogens (tertiary/aromatic N) is 1. The summed E-state index contributed by atoms with van der Waals surface area (Å²) in [6.07, 6.45) is 0.885. The van der Waals surface area contributed by atoms with E-state index in [1.807, 2.05) is 6.92 Å². The largest absolute Gasteiger partial charge is 0.481 e. The Morgan fingerprint density at radius 3 is 2.41 bits per heavy atom. The highest BCUT2D eigenvalue weighted by molar-refractivity contribution is 9.10. The summed E-state index contributed by atoms with van der Waals surface area (Å²) < 4.78 is 30.8. The maximum atomic E-state index is 12.5. The maximum absolute atomic E-state index is 12.5. The van der Waals surface area contributed by atoms with Crippen LogP contribution in [0.4, 0.5) is 11.4 Å². The molecule has 0 aliphatic rings. The molecule has 1 N–H and O–H groups in total. The molecular formula is C18H20BrClN2O4S. The van der Waals surface area contributed by atoms with Gasteiger partial charge in [0.05, 0.1) is 17.0 Å². The predicted octanol–water partition coefficient (Wildman–Crippen LogP) is 4.29. The molecule has 1 atom stereocenters. The summed E-state index contributed by atoms with van der Waals surface area (Å²) in [4.78, 5) is 12.5. The lowest BCUT2D eigenvalue weighted by molar-refractivity contribution is -0.122. The van der Waals surface area contributed by atoms with Crippen LogP contribution in [0.3, 0.4) is 0 Å². The fraction of sp³-hybridized carbons (Fsp3) is 0.278. The summed E-state index contributed by atoms with van der Waals surface area (Å²) >= 11 is 9.34. The van der Waals surface area contributed by atoms with Gasteiger partial charge in [-0.15, -0.1) is 0 Å². The van der Waals surface area contributed by atoms with E-state index >= 15 is 0 Å². The van der Waals surface area contributed by atoms with Gasteiger partial charge in [-0.25, -0.2) is 8.42 Å². The van der Waals surface area contributed by atoms with Crippen LogP contribution in [0, 0.1) is 0 Å². The molecule has 6 nitrogen and oxygen atoms in total. The van der Waals surface area contributed by atoms with E-state index in [1.165, 1.54) is 7.05 Å². The van der Waals surface area contributed by atoms with Crippen molar-refractivity contribution in [2.45, 2.75) is 19.4 Å². The molecule has 0 saturated heterocycles. The monoisotopic (exact) mass is 474 g/mol. The Balaban J connectivity index is 2.07. The quantitative estimate of drug-likeness (QED) is 0.648. The minimum absolute atomic E-state index is 0.298. The number of hydrogen-bond acceptors (Lipinski definition) is 4. The van der Waals surface area contributed by atoms with E-state index in [0.717, 1.165) is 15.0 Å². The lowest BCUT2D eigenvalue weighted by Crippen LogP contribution is -2.32. The summed E-state index contributed by atoms with van der Waals surface area (Å²) in [7, 11) is -1.87. The second-order valence-corrected chi connectivity index (χ2v) is 9.13. The number of amides is 1. The van der Waals surface area contributed by atoms with Gasteiger partial charge >= 0.3 is 0 Å². The number of hydrogen-bond donors (Lipinski definition) is 1. The van der Waals surface area contributed by atoms with Gasteiger partial charge in [-0.1, -0.05) is 18.5 Å². The fourth-order valence-corrected chi connectivity index (χ4v) is 3.14. The summed E-state index contributed by atoms with van der Waals surface area (Å²) in [5, 5.41) is 3.27. The number of nitrogens with one attached hydrogen (secondary N) is 1. The molecule has 0 heterocycles. The number of anilines is 2. The molecule has 0 saturated carbocycles. The highest BCUT2D eigenvalue weighted by atomic mass is 79.9. The maximum Gasteiger partial charge on any atom is 0.265 e. The van der Waals surface area contributed by atoms with E-state index < -0.39 is 16.1 Å². The molecule has 0 bridgehead atoms. The first-order valence-corrected chi connectivity index (χ1v) is 11.1. The zero-order chi connectivity index (χ0) is 20.2. The molecule has 1 amide bonds. The molecule has 0 fully saturated rings. The van der Waals surface area contributed by atoms with Gasteiger partial charge in [0.1, 0.15) is 5.75 Å². The SMILES string of the molecule is CC[C@@H](Oc1ccc(N(C)S(C)(=O)=O)cc1)C(=O)Nc1ccc(Br)c(Cl)c1. The Morgan fingerprint density at radius 2 is 1.89 bits per heavy atom. The van der Waals surface area contributed by atoms with Gasteiger partial charge < -0.3 is 10.1 Å². The molecule has 0 aliphatic carbocycles. The first-order valence-electron chi connectivity index (χ1n) is 8.08. The van der Waals surface area contributed by atoms with E-state index in [2.05, 4.69) is 21.2 Å². The van der Waals surface area contributed by atoms with Crippen LogP contribution in [-0.2, 0) is 14.8 Å². The van der Waals surface area contributed by atoms with Crippen molar-refractivity contribution in [2.24, 2.45) is 0 Å². The fourth-order valence-electron chi connectivity index (χ4n) is 2.21. The second kappa shape index (κ2) is 8.95. The molecule has 2 rings (SSSR count). The van der Waals surface area contributed by atoms with Crippen LogP contribution >= 0.6 is 27.5 Å².